The van der Waals surface area contributed by atoms with Crippen LogP contribution in [0.2, 0.25) is 0 Å². The van der Waals surface area contributed by atoms with Crippen molar-refractivity contribution < 1.29 is 9.53 Å². The zero-order valence-electron chi connectivity index (χ0n) is 11.0. The molecule has 3 aliphatic rings. The van der Waals surface area contributed by atoms with Crippen molar-refractivity contribution in [1.29, 1.82) is 0 Å². The number of nitrogens with one attached hydrogen (secondary N) is 2. The molecule has 0 aromatic carbocycles. The van der Waals surface area contributed by atoms with Crippen LogP contribution in [0.25, 0.3) is 0 Å². The van der Waals surface area contributed by atoms with Crippen molar-refractivity contribution in [2.45, 2.75) is 57.0 Å². The molecule has 1 amide bonds. The van der Waals surface area contributed by atoms with Gasteiger partial charge >= 0.3 is 0 Å². The van der Waals surface area contributed by atoms with Gasteiger partial charge in [0.05, 0.1) is 6.04 Å². The summed E-state index contributed by atoms with van der Waals surface area (Å²) in [6, 6.07) is 0.566. The van der Waals surface area contributed by atoms with E-state index in [1.165, 1.54) is 32.1 Å². The maximum atomic E-state index is 11.9. The minimum Gasteiger partial charge on any atom is -0.381 e. The molecule has 3 fully saturated rings. The largest absolute Gasteiger partial charge is 0.381 e. The first-order valence-electron chi connectivity index (χ1n) is 7.42. The Morgan fingerprint density at radius 3 is 2.78 bits per heavy atom. The standard InChI is InChI=1S/C14H24N2O2/c17-13-11(3-2-8-15-13)16-12-4-1-5-14(12)6-9-18-10-7-14/h11-12,16H,1-10H2,(H,15,17). The van der Waals surface area contributed by atoms with E-state index in [4.69, 9.17) is 4.74 Å². The van der Waals surface area contributed by atoms with Crippen molar-refractivity contribution in [3.05, 3.63) is 0 Å². The van der Waals surface area contributed by atoms with Gasteiger partial charge in [0.1, 0.15) is 0 Å². The van der Waals surface area contributed by atoms with Crippen molar-refractivity contribution in [3.63, 3.8) is 0 Å². The molecule has 0 aromatic rings. The van der Waals surface area contributed by atoms with Crippen molar-refractivity contribution in [1.82, 2.24) is 10.6 Å². The predicted octanol–water partition coefficient (Wildman–Crippen LogP) is 1.20. The molecule has 0 bridgehead atoms. The van der Waals surface area contributed by atoms with Gasteiger partial charge in [0.2, 0.25) is 5.91 Å². The van der Waals surface area contributed by atoms with Crippen LogP contribution in [0.15, 0.2) is 0 Å². The topological polar surface area (TPSA) is 50.4 Å². The van der Waals surface area contributed by atoms with Crippen LogP contribution in [-0.2, 0) is 9.53 Å². The Morgan fingerprint density at radius 2 is 2.00 bits per heavy atom. The molecule has 2 heterocycles. The van der Waals surface area contributed by atoms with Gasteiger partial charge in [-0.15, -0.1) is 0 Å². The van der Waals surface area contributed by atoms with Gasteiger partial charge in [0.15, 0.2) is 0 Å². The molecule has 2 N–H and O–H groups in total. The Hall–Kier alpha value is -0.610. The summed E-state index contributed by atoms with van der Waals surface area (Å²) in [5.74, 6) is 0.204. The first kappa shape index (κ1) is 12.4. The Kier molecular flexibility index (Phi) is 3.57. The molecular weight excluding hydrogens is 228 g/mol. The molecule has 4 heteroatoms. The summed E-state index contributed by atoms with van der Waals surface area (Å²) < 4.78 is 5.51. The smallest absolute Gasteiger partial charge is 0.237 e. The summed E-state index contributed by atoms with van der Waals surface area (Å²) in [5.41, 5.74) is 0.413. The van der Waals surface area contributed by atoms with Crippen LogP contribution in [0.5, 0.6) is 0 Å². The van der Waals surface area contributed by atoms with Crippen LogP contribution in [0, 0.1) is 5.41 Å². The van der Waals surface area contributed by atoms with Crippen LogP contribution >= 0.6 is 0 Å². The van der Waals surface area contributed by atoms with Crippen molar-refractivity contribution >= 4 is 5.91 Å². The summed E-state index contributed by atoms with van der Waals surface area (Å²) in [4.78, 5) is 11.9. The molecule has 3 rings (SSSR count). The first-order chi connectivity index (χ1) is 8.80. The number of carbonyl (C=O) groups is 1. The van der Waals surface area contributed by atoms with Gasteiger partial charge < -0.3 is 15.4 Å². The molecule has 1 saturated carbocycles. The number of piperidine rings is 1. The number of hydrogen-bond acceptors (Lipinski definition) is 3. The molecule has 2 atom stereocenters. The van der Waals surface area contributed by atoms with Crippen LogP contribution in [0.4, 0.5) is 0 Å². The highest BCUT2D eigenvalue weighted by Crippen LogP contribution is 2.46. The van der Waals surface area contributed by atoms with Gasteiger partial charge in [-0.3, -0.25) is 4.79 Å². The third-order valence-corrected chi connectivity index (χ3v) is 5.08. The van der Waals surface area contributed by atoms with E-state index >= 15 is 0 Å². The lowest BCUT2D eigenvalue weighted by molar-refractivity contribution is -0.125. The summed E-state index contributed by atoms with van der Waals surface area (Å²) in [7, 11) is 0. The average molecular weight is 252 g/mol. The van der Waals surface area contributed by atoms with Gasteiger partial charge in [-0.1, -0.05) is 6.42 Å². The summed E-state index contributed by atoms with van der Waals surface area (Å²) in [6.45, 7) is 2.64. The van der Waals surface area contributed by atoms with Crippen molar-refractivity contribution in [3.8, 4) is 0 Å². The van der Waals surface area contributed by atoms with Gasteiger partial charge in [0.25, 0.3) is 0 Å². The lowest BCUT2D eigenvalue weighted by Crippen LogP contribution is -2.55. The third-order valence-electron chi connectivity index (χ3n) is 5.08. The Balaban J connectivity index is 1.65. The number of ether oxygens (including phenoxy) is 1. The molecule has 102 valence electrons. The Labute approximate surface area is 109 Å². The summed E-state index contributed by atoms with van der Waals surface area (Å²) in [6.07, 6.45) is 8.26. The molecule has 2 unspecified atom stereocenters. The highest BCUT2D eigenvalue weighted by atomic mass is 16.5. The van der Waals surface area contributed by atoms with Crippen LogP contribution in [-0.4, -0.2) is 37.7 Å². The Bertz CT molecular complexity index is 313. The number of amides is 1. The van der Waals surface area contributed by atoms with E-state index < -0.39 is 0 Å². The molecule has 1 aliphatic carbocycles. The van der Waals surface area contributed by atoms with Crippen LogP contribution in [0.1, 0.15) is 44.9 Å². The van der Waals surface area contributed by atoms with E-state index in [9.17, 15) is 4.79 Å². The molecule has 4 nitrogen and oxygen atoms in total. The maximum Gasteiger partial charge on any atom is 0.237 e. The van der Waals surface area contributed by atoms with E-state index in [0.29, 0.717) is 11.5 Å². The zero-order chi connectivity index (χ0) is 12.4. The molecular formula is C14H24N2O2. The highest BCUT2D eigenvalue weighted by molar-refractivity contribution is 5.82. The molecule has 1 spiro atoms. The van der Waals surface area contributed by atoms with Crippen molar-refractivity contribution in [2.75, 3.05) is 19.8 Å². The molecule has 18 heavy (non-hydrogen) atoms. The zero-order valence-corrected chi connectivity index (χ0v) is 11.0. The van der Waals surface area contributed by atoms with Gasteiger partial charge in [0, 0.05) is 25.8 Å². The second kappa shape index (κ2) is 5.17. The van der Waals surface area contributed by atoms with Gasteiger partial charge in [-0.2, -0.15) is 0 Å². The van der Waals surface area contributed by atoms with E-state index in [-0.39, 0.29) is 11.9 Å². The fourth-order valence-corrected chi connectivity index (χ4v) is 3.95. The fraction of sp³-hybridized carbons (Fsp3) is 0.929. The highest BCUT2D eigenvalue weighted by Gasteiger charge is 2.44. The lowest BCUT2D eigenvalue weighted by atomic mass is 9.75. The number of rotatable bonds is 2. The SMILES string of the molecule is O=C1NCCCC1NC1CCCC12CCOCC2. The third kappa shape index (κ3) is 2.28. The quantitative estimate of drug-likeness (QED) is 0.776. The average Bonchev–Trinajstić information content (AvgIpc) is 2.76. The molecule has 2 aliphatic heterocycles. The summed E-state index contributed by atoms with van der Waals surface area (Å²) in [5, 5.41) is 6.63. The van der Waals surface area contributed by atoms with E-state index in [0.717, 1.165) is 32.6 Å². The minimum absolute atomic E-state index is 0.0431. The van der Waals surface area contributed by atoms with Gasteiger partial charge in [-0.25, -0.2) is 0 Å². The number of hydrogen-bond donors (Lipinski definition) is 2. The van der Waals surface area contributed by atoms with Crippen molar-refractivity contribution in [2.24, 2.45) is 5.41 Å². The fourth-order valence-electron chi connectivity index (χ4n) is 3.95. The first-order valence-corrected chi connectivity index (χ1v) is 7.42. The minimum atomic E-state index is 0.0431. The second-order valence-electron chi connectivity index (χ2n) is 6.07. The van der Waals surface area contributed by atoms with Crippen LogP contribution in [0.3, 0.4) is 0 Å². The van der Waals surface area contributed by atoms with E-state index in [1.54, 1.807) is 0 Å². The van der Waals surface area contributed by atoms with E-state index in [1.807, 2.05) is 0 Å². The lowest BCUT2D eigenvalue weighted by Gasteiger charge is -2.41. The van der Waals surface area contributed by atoms with Gasteiger partial charge in [-0.05, 0) is 43.9 Å². The van der Waals surface area contributed by atoms with E-state index in [2.05, 4.69) is 10.6 Å². The summed E-state index contributed by atoms with van der Waals surface area (Å²) >= 11 is 0. The second-order valence-corrected chi connectivity index (χ2v) is 6.07. The maximum absolute atomic E-state index is 11.9. The molecule has 0 radical (unpaired) electrons. The predicted molar refractivity (Wildman–Crippen MR) is 69.3 cm³/mol. The molecule has 2 saturated heterocycles. The molecule has 0 aromatic heterocycles. The monoisotopic (exact) mass is 252 g/mol. The number of carbonyl (C=O) groups excluding carboxylic acids is 1. The normalized spacial score (nSPS) is 35.7. The van der Waals surface area contributed by atoms with Crippen LogP contribution < -0.4 is 10.6 Å². The Morgan fingerprint density at radius 1 is 1.17 bits per heavy atom.